The molecule has 1 aromatic rings. The van der Waals surface area contributed by atoms with Crippen LogP contribution >= 0.6 is 0 Å². The van der Waals surface area contributed by atoms with Crippen molar-refractivity contribution in [3.63, 3.8) is 0 Å². The molecule has 0 aliphatic carbocycles. The summed E-state index contributed by atoms with van der Waals surface area (Å²) in [6, 6.07) is 8.09. The molecule has 0 fully saturated rings. The number of hydrogen-bond acceptors (Lipinski definition) is 1. The summed E-state index contributed by atoms with van der Waals surface area (Å²) in [6.07, 6.45) is 0. The Morgan fingerprint density at radius 2 is 1.92 bits per heavy atom. The molecule has 0 radical (unpaired) electrons. The highest BCUT2D eigenvalue weighted by Crippen LogP contribution is 2.25. The molecule has 0 aliphatic rings. The van der Waals surface area contributed by atoms with E-state index in [-0.39, 0.29) is 0 Å². The first-order valence-electron chi connectivity index (χ1n) is 4.51. The normalized spacial score (nSPS) is 12.2. The lowest BCUT2D eigenvalue weighted by Crippen LogP contribution is -2.04. The molecule has 0 bridgehead atoms. The van der Waals surface area contributed by atoms with Crippen LogP contribution in [0.5, 0.6) is 0 Å². The molecule has 0 amide bonds. The summed E-state index contributed by atoms with van der Waals surface area (Å²) in [4.78, 5) is 4.28. The van der Waals surface area contributed by atoms with Gasteiger partial charge in [-0.1, -0.05) is 32.0 Å². The number of amidine groups is 1. The molecule has 0 aliphatic heterocycles. The molecule has 0 atom stereocenters. The van der Waals surface area contributed by atoms with Gasteiger partial charge in [-0.15, -0.1) is 0 Å². The van der Waals surface area contributed by atoms with Gasteiger partial charge in [-0.2, -0.15) is 0 Å². The van der Waals surface area contributed by atoms with Crippen LogP contribution < -0.4 is 5.73 Å². The van der Waals surface area contributed by atoms with Crippen LogP contribution in [0.1, 0.15) is 32.3 Å². The highest BCUT2D eigenvalue weighted by Gasteiger charge is 2.03. The third kappa shape index (κ3) is 2.58. The van der Waals surface area contributed by atoms with Gasteiger partial charge < -0.3 is 5.73 Å². The number of hydrogen-bond donors (Lipinski definition) is 1. The van der Waals surface area contributed by atoms with E-state index in [0.717, 1.165) is 5.69 Å². The van der Waals surface area contributed by atoms with Crippen molar-refractivity contribution in [2.24, 2.45) is 10.7 Å². The number of nitrogens with zero attached hydrogens (tertiary/aromatic N) is 1. The van der Waals surface area contributed by atoms with Crippen LogP contribution in [0.4, 0.5) is 5.69 Å². The fraction of sp³-hybridized carbons (Fsp3) is 0.364. The van der Waals surface area contributed by atoms with Crippen LogP contribution in [0.2, 0.25) is 0 Å². The Hall–Kier alpha value is -1.31. The van der Waals surface area contributed by atoms with Crippen molar-refractivity contribution >= 4 is 11.5 Å². The zero-order valence-electron chi connectivity index (χ0n) is 8.41. The zero-order chi connectivity index (χ0) is 9.84. The number of nitrogens with two attached hydrogens (primary N) is 1. The fourth-order valence-electron chi connectivity index (χ4n) is 1.27. The maximum atomic E-state index is 5.54. The number of aliphatic imine (C=N–C) groups is 1. The first-order valence-corrected chi connectivity index (χ1v) is 4.51. The zero-order valence-corrected chi connectivity index (χ0v) is 8.41. The summed E-state index contributed by atoms with van der Waals surface area (Å²) in [5, 5.41) is 0. The Labute approximate surface area is 79.5 Å². The minimum atomic E-state index is 0.485. The van der Waals surface area contributed by atoms with E-state index in [4.69, 9.17) is 5.73 Å². The number of benzene rings is 1. The van der Waals surface area contributed by atoms with Crippen molar-refractivity contribution < 1.29 is 0 Å². The average Bonchev–Trinajstić information content (AvgIpc) is 2.03. The summed E-state index contributed by atoms with van der Waals surface area (Å²) >= 11 is 0. The van der Waals surface area contributed by atoms with Gasteiger partial charge >= 0.3 is 0 Å². The minimum absolute atomic E-state index is 0.485. The quantitative estimate of drug-likeness (QED) is 0.546. The van der Waals surface area contributed by atoms with Crippen molar-refractivity contribution in [1.29, 1.82) is 0 Å². The molecule has 2 heteroatoms. The van der Waals surface area contributed by atoms with Gasteiger partial charge in [-0.3, -0.25) is 0 Å². The topological polar surface area (TPSA) is 38.4 Å². The average molecular weight is 176 g/mol. The minimum Gasteiger partial charge on any atom is -0.387 e. The molecule has 0 aromatic heterocycles. The second kappa shape index (κ2) is 4.08. The Morgan fingerprint density at radius 3 is 2.46 bits per heavy atom. The van der Waals surface area contributed by atoms with Crippen molar-refractivity contribution in [3.8, 4) is 0 Å². The van der Waals surface area contributed by atoms with Gasteiger partial charge in [-0.05, 0) is 24.5 Å². The molecule has 1 aromatic carbocycles. The third-order valence-corrected chi connectivity index (χ3v) is 1.86. The first-order chi connectivity index (χ1) is 6.11. The number of rotatable bonds is 2. The van der Waals surface area contributed by atoms with Gasteiger partial charge in [0.05, 0.1) is 11.5 Å². The smallest absolute Gasteiger partial charge is 0.0965 e. The van der Waals surface area contributed by atoms with Gasteiger partial charge in [0.2, 0.25) is 0 Å². The van der Waals surface area contributed by atoms with E-state index in [9.17, 15) is 0 Å². The monoisotopic (exact) mass is 176 g/mol. The van der Waals surface area contributed by atoms with E-state index in [1.54, 1.807) is 6.92 Å². The van der Waals surface area contributed by atoms with E-state index in [1.165, 1.54) is 5.56 Å². The molecule has 1 rings (SSSR count). The van der Waals surface area contributed by atoms with Crippen molar-refractivity contribution in [2.75, 3.05) is 0 Å². The van der Waals surface area contributed by atoms with Crippen LogP contribution in [-0.2, 0) is 0 Å². The van der Waals surface area contributed by atoms with Crippen LogP contribution in [0.3, 0.4) is 0 Å². The molecule has 2 N–H and O–H groups in total. The van der Waals surface area contributed by atoms with E-state index < -0.39 is 0 Å². The summed E-state index contributed by atoms with van der Waals surface area (Å²) in [6.45, 7) is 6.11. The second-order valence-corrected chi connectivity index (χ2v) is 3.47. The van der Waals surface area contributed by atoms with Crippen molar-refractivity contribution in [2.45, 2.75) is 26.7 Å². The maximum Gasteiger partial charge on any atom is 0.0965 e. The standard InChI is InChI=1S/C11H16N2/c1-8(2)10-6-4-5-7-11(10)13-9(3)12/h4-8H,1-3H3,(H2,12,13). The summed E-state index contributed by atoms with van der Waals surface area (Å²) < 4.78 is 0. The SMILES string of the molecule is CC(N)=Nc1ccccc1C(C)C. The van der Waals surface area contributed by atoms with Gasteiger partial charge in [0, 0.05) is 0 Å². The van der Waals surface area contributed by atoms with Crippen molar-refractivity contribution in [3.05, 3.63) is 29.8 Å². The summed E-state index contributed by atoms with van der Waals surface area (Å²) in [5.41, 5.74) is 7.77. The fourth-order valence-corrected chi connectivity index (χ4v) is 1.27. The highest BCUT2D eigenvalue weighted by molar-refractivity contribution is 5.81. The van der Waals surface area contributed by atoms with Gasteiger partial charge in [-0.25, -0.2) is 4.99 Å². The Bertz CT molecular complexity index is 310. The predicted molar refractivity (Wildman–Crippen MR) is 57.5 cm³/mol. The van der Waals surface area contributed by atoms with E-state index in [2.05, 4.69) is 24.9 Å². The van der Waals surface area contributed by atoms with E-state index in [1.807, 2.05) is 18.2 Å². The van der Waals surface area contributed by atoms with E-state index >= 15 is 0 Å². The molecular weight excluding hydrogens is 160 g/mol. The molecule has 13 heavy (non-hydrogen) atoms. The highest BCUT2D eigenvalue weighted by atomic mass is 14.8. The van der Waals surface area contributed by atoms with Crippen LogP contribution in [0, 0.1) is 0 Å². The Balaban J connectivity index is 3.12. The predicted octanol–water partition coefficient (Wildman–Crippen LogP) is 2.82. The lowest BCUT2D eigenvalue weighted by molar-refractivity contribution is 0.867. The lowest BCUT2D eigenvalue weighted by Gasteiger charge is -2.08. The number of para-hydroxylation sites is 1. The molecule has 0 heterocycles. The lowest BCUT2D eigenvalue weighted by atomic mass is 10.0. The Morgan fingerprint density at radius 1 is 1.31 bits per heavy atom. The molecule has 70 valence electrons. The molecule has 0 unspecified atom stereocenters. The summed E-state index contributed by atoms with van der Waals surface area (Å²) in [5.74, 6) is 1.09. The maximum absolute atomic E-state index is 5.54. The molecular formula is C11H16N2. The molecule has 0 saturated heterocycles. The van der Waals surface area contributed by atoms with Crippen LogP contribution in [0.15, 0.2) is 29.3 Å². The Kier molecular flexibility index (Phi) is 3.07. The van der Waals surface area contributed by atoms with E-state index in [0.29, 0.717) is 11.8 Å². The third-order valence-electron chi connectivity index (χ3n) is 1.86. The second-order valence-electron chi connectivity index (χ2n) is 3.47. The van der Waals surface area contributed by atoms with Crippen LogP contribution in [0.25, 0.3) is 0 Å². The summed E-state index contributed by atoms with van der Waals surface area (Å²) in [7, 11) is 0. The van der Waals surface area contributed by atoms with Gasteiger partial charge in [0.1, 0.15) is 0 Å². The van der Waals surface area contributed by atoms with Crippen molar-refractivity contribution in [1.82, 2.24) is 0 Å². The van der Waals surface area contributed by atoms with Gasteiger partial charge in [0.25, 0.3) is 0 Å². The van der Waals surface area contributed by atoms with Crippen LogP contribution in [-0.4, -0.2) is 5.84 Å². The van der Waals surface area contributed by atoms with Gasteiger partial charge in [0.15, 0.2) is 0 Å². The largest absolute Gasteiger partial charge is 0.387 e. The first kappa shape index (κ1) is 9.78. The molecule has 2 nitrogen and oxygen atoms in total. The molecule has 0 spiro atoms. The molecule has 0 saturated carbocycles.